The number of ketones is 1. The molecule has 0 radical (unpaired) electrons. The van der Waals surface area contributed by atoms with E-state index in [1.54, 1.807) is 55.5 Å². The maximum absolute atomic E-state index is 13.2. The van der Waals surface area contributed by atoms with Crippen LogP contribution < -0.4 is 9.64 Å². The summed E-state index contributed by atoms with van der Waals surface area (Å²) in [6.07, 6.45) is 0. The molecule has 9 heteroatoms. The molecule has 3 aromatic carbocycles. The number of rotatable bonds is 6. The lowest BCUT2D eigenvalue weighted by Gasteiger charge is -2.22. The van der Waals surface area contributed by atoms with E-state index in [0.29, 0.717) is 33.5 Å². The lowest BCUT2D eigenvalue weighted by atomic mass is 9.95. The number of hydrogen-bond donors (Lipinski definition) is 1. The van der Waals surface area contributed by atoms with Gasteiger partial charge in [0.05, 0.1) is 11.6 Å². The van der Waals surface area contributed by atoms with E-state index in [-0.39, 0.29) is 16.5 Å². The van der Waals surface area contributed by atoms with E-state index in [1.165, 1.54) is 16.2 Å². The highest BCUT2D eigenvalue weighted by atomic mass is 35.5. The monoisotopic (exact) mass is 531 g/mol. The van der Waals surface area contributed by atoms with Crippen LogP contribution in [0.4, 0.5) is 5.13 Å². The van der Waals surface area contributed by atoms with Crippen molar-refractivity contribution < 1.29 is 19.4 Å². The van der Waals surface area contributed by atoms with Crippen LogP contribution in [0.5, 0.6) is 5.75 Å². The number of aliphatic hydroxyl groups excluding tert-OH is 1. The van der Waals surface area contributed by atoms with Gasteiger partial charge < -0.3 is 9.84 Å². The van der Waals surface area contributed by atoms with Crippen molar-refractivity contribution in [3.63, 3.8) is 0 Å². The second-order valence-corrected chi connectivity index (χ2v) is 10.2. The van der Waals surface area contributed by atoms with Gasteiger partial charge in [0.1, 0.15) is 23.1 Å². The molecule has 1 aliphatic heterocycles. The van der Waals surface area contributed by atoms with Crippen LogP contribution in [0.15, 0.2) is 78.4 Å². The first-order chi connectivity index (χ1) is 17.8. The van der Waals surface area contributed by atoms with Crippen LogP contribution >= 0.6 is 22.9 Å². The Morgan fingerprint density at radius 1 is 1.03 bits per heavy atom. The van der Waals surface area contributed by atoms with E-state index >= 15 is 0 Å². The molecule has 7 nitrogen and oxygen atoms in total. The average Bonchev–Trinajstić information content (AvgIpc) is 3.43. The summed E-state index contributed by atoms with van der Waals surface area (Å²) in [6, 6.07) is 20.7. The van der Waals surface area contributed by atoms with Gasteiger partial charge >= 0.3 is 5.91 Å². The van der Waals surface area contributed by atoms with Crippen molar-refractivity contribution in [1.29, 1.82) is 0 Å². The first-order valence-corrected chi connectivity index (χ1v) is 12.7. The summed E-state index contributed by atoms with van der Waals surface area (Å²) in [4.78, 5) is 27.6. The van der Waals surface area contributed by atoms with Crippen LogP contribution in [0.2, 0.25) is 5.02 Å². The Labute approximate surface area is 222 Å². The summed E-state index contributed by atoms with van der Waals surface area (Å²) in [6.45, 7) is 4.18. The lowest BCUT2D eigenvalue weighted by molar-refractivity contribution is -0.132. The number of halogens is 1. The summed E-state index contributed by atoms with van der Waals surface area (Å²) in [7, 11) is 0. The number of anilines is 1. The summed E-state index contributed by atoms with van der Waals surface area (Å²) >= 11 is 7.27. The van der Waals surface area contributed by atoms with Gasteiger partial charge in [0, 0.05) is 10.6 Å². The van der Waals surface area contributed by atoms with Crippen LogP contribution in [-0.4, -0.2) is 27.0 Å². The Kier molecular flexibility index (Phi) is 6.78. The van der Waals surface area contributed by atoms with Gasteiger partial charge in [-0.25, -0.2) is 0 Å². The van der Waals surface area contributed by atoms with Crippen molar-refractivity contribution in [3.05, 3.63) is 111 Å². The summed E-state index contributed by atoms with van der Waals surface area (Å²) in [5.41, 5.74) is 3.15. The highest BCUT2D eigenvalue weighted by Gasteiger charge is 2.48. The molecule has 0 aliphatic carbocycles. The molecule has 1 atom stereocenters. The van der Waals surface area contributed by atoms with Crippen molar-refractivity contribution in [2.75, 3.05) is 4.90 Å². The number of aryl methyl sites for hydroxylation is 2. The minimum atomic E-state index is -0.887. The Bertz CT molecular complexity index is 1510. The second kappa shape index (κ2) is 10.2. The average molecular weight is 532 g/mol. The van der Waals surface area contributed by atoms with E-state index < -0.39 is 17.7 Å². The van der Waals surface area contributed by atoms with E-state index in [0.717, 1.165) is 11.1 Å². The molecular weight excluding hydrogens is 510 g/mol. The molecule has 1 unspecified atom stereocenters. The molecule has 4 aromatic rings. The maximum Gasteiger partial charge on any atom is 0.301 e. The van der Waals surface area contributed by atoms with Gasteiger partial charge in [-0.2, -0.15) is 0 Å². The third-order valence-corrected chi connectivity index (χ3v) is 7.06. The fourth-order valence-electron chi connectivity index (χ4n) is 4.21. The topological polar surface area (TPSA) is 92.6 Å². The number of aromatic nitrogens is 2. The van der Waals surface area contributed by atoms with Crippen molar-refractivity contribution in [3.8, 4) is 5.75 Å². The Morgan fingerprint density at radius 2 is 1.76 bits per heavy atom. The minimum Gasteiger partial charge on any atom is -0.507 e. The number of nitrogens with zero attached hydrogens (tertiary/aromatic N) is 3. The van der Waals surface area contributed by atoms with Crippen LogP contribution in [-0.2, 0) is 16.2 Å². The number of carbonyl (C=O) groups excluding carboxylic acids is 2. The zero-order chi connectivity index (χ0) is 26.1. The van der Waals surface area contributed by atoms with E-state index in [4.69, 9.17) is 16.3 Å². The molecule has 0 spiro atoms. The molecule has 1 saturated heterocycles. The van der Waals surface area contributed by atoms with Crippen molar-refractivity contribution in [1.82, 2.24) is 10.2 Å². The van der Waals surface area contributed by atoms with E-state index in [1.807, 2.05) is 25.1 Å². The Balaban J connectivity index is 1.50. The molecule has 1 amide bonds. The lowest BCUT2D eigenvalue weighted by Crippen LogP contribution is -2.29. The molecule has 0 bridgehead atoms. The molecule has 1 N–H and O–H groups in total. The van der Waals surface area contributed by atoms with E-state index in [9.17, 15) is 14.7 Å². The molecule has 2 heterocycles. The largest absolute Gasteiger partial charge is 0.507 e. The fourth-order valence-corrected chi connectivity index (χ4v) is 5.05. The SMILES string of the molecule is Cc1cccc(COc2ccc(/C(O)=C3\C(=O)C(=O)N(c4nnc(C)s4)C3c3ccc(Cl)cc3)cc2)c1. The molecule has 5 rings (SSSR count). The summed E-state index contributed by atoms with van der Waals surface area (Å²) < 4.78 is 5.87. The normalized spacial score (nSPS) is 16.8. The Hall–Kier alpha value is -4.01. The van der Waals surface area contributed by atoms with Gasteiger partial charge in [0.25, 0.3) is 5.78 Å². The highest BCUT2D eigenvalue weighted by molar-refractivity contribution is 7.15. The standard InChI is InChI=1S/C28H22ClN3O4S/c1-16-4-3-5-18(14-16)15-36-22-12-8-20(9-13-22)25(33)23-24(19-6-10-21(29)11-7-19)32(27(35)26(23)34)28-31-30-17(2)37-28/h3-14,24,33H,15H2,1-2H3/b25-23+. The highest BCUT2D eigenvalue weighted by Crippen LogP contribution is 2.43. The molecule has 0 saturated carbocycles. The smallest absolute Gasteiger partial charge is 0.301 e. The zero-order valence-corrected chi connectivity index (χ0v) is 21.6. The minimum absolute atomic E-state index is 0.0337. The maximum atomic E-state index is 13.2. The molecule has 1 aromatic heterocycles. The molecule has 37 heavy (non-hydrogen) atoms. The number of ether oxygens (including phenoxy) is 1. The summed E-state index contributed by atoms with van der Waals surface area (Å²) in [5, 5.41) is 20.8. The first-order valence-electron chi connectivity index (χ1n) is 11.5. The van der Waals surface area contributed by atoms with Crippen LogP contribution in [0.1, 0.15) is 33.3 Å². The quantitative estimate of drug-likeness (QED) is 0.186. The predicted octanol–water partition coefficient (Wildman–Crippen LogP) is 6.01. The van der Waals surface area contributed by atoms with Crippen LogP contribution in [0, 0.1) is 13.8 Å². The number of aliphatic hydroxyl groups is 1. The van der Waals surface area contributed by atoms with Crippen LogP contribution in [0.3, 0.4) is 0 Å². The van der Waals surface area contributed by atoms with Crippen molar-refractivity contribution in [2.45, 2.75) is 26.5 Å². The zero-order valence-electron chi connectivity index (χ0n) is 20.0. The third kappa shape index (κ3) is 4.98. The number of Topliss-reactive ketones (excluding diaryl/α,β-unsaturated/α-hetero) is 1. The molecule has 1 aliphatic rings. The van der Waals surface area contributed by atoms with Crippen LogP contribution in [0.25, 0.3) is 5.76 Å². The number of carbonyl (C=O) groups is 2. The van der Waals surface area contributed by atoms with Crippen molar-refractivity contribution >= 4 is 45.5 Å². The van der Waals surface area contributed by atoms with Gasteiger partial charge in [0.2, 0.25) is 5.13 Å². The second-order valence-electron chi connectivity index (χ2n) is 8.63. The van der Waals surface area contributed by atoms with Gasteiger partial charge in [-0.05, 0) is 61.4 Å². The third-order valence-electron chi connectivity index (χ3n) is 5.97. The fraction of sp³-hybridized carbons (Fsp3) is 0.143. The summed E-state index contributed by atoms with van der Waals surface area (Å²) in [5.74, 6) is -1.26. The number of amides is 1. The molecule has 186 valence electrons. The van der Waals surface area contributed by atoms with E-state index in [2.05, 4.69) is 16.3 Å². The predicted molar refractivity (Wildman–Crippen MR) is 143 cm³/mol. The molecule has 1 fully saturated rings. The van der Waals surface area contributed by atoms with Gasteiger partial charge in [-0.15, -0.1) is 10.2 Å². The van der Waals surface area contributed by atoms with Crippen molar-refractivity contribution in [2.24, 2.45) is 0 Å². The van der Waals surface area contributed by atoms with Gasteiger partial charge in [-0.1, -0.05) is 64.9 Å². The van der Waals surface area contributed by atoms with Gasteiger partial charge in [-0.3, -0.25) is 14.5 Å². The first kappa shape index (κ1) is 24.7. The number of benzene rings is 3. The van der Waals surface area contributed by atoms with Gasteiger partial charge in [0.15, 0.2) is 0 Å². The Morgan fingerprint density at radius 3 is 2.41 bits per heavy atom. The molecular formula is C28H22ClN3O4S. The number of hydrogen-bond acceptors (Lipinski definition) is 7.